The maximum Gasteiger partial charge on any atom is 0.264 e. The average molecular weight is 391 g/mol. The summed E-state index contributed by atoms with van der Waals surface area (Å²) in [6.07, 6.45) is 4.60. The van der Waals surface area contributed by atoms with Crippen LogP contribution in [0.25, 0.3) is 11.0 Å². The number of hydrogen-bond acceptors (Lipinski definition) is 7. The first kappa shape index (κ1) is 17.5. The lowest BCUT2D eigenvalue weighted by Crippen LogP contribution is -2.32. The highest BCUT2D eigenvalue weighted by molar-refractivity contribution is 7.91. The molecule has 0 radical (unpaired) electrons. The monoisotopic (exact) mass is 391 g/mol. The summed E-state index contributed by atoms with van der Waals surface area (Å²) in [5.41, 5.74) is -0.0744. The van der Waals surface area contributed by atoms with Crippen LogP contribution in [0.3, 0.4) is 0 Å². The molecule has 3 aromatic rings. The lowest BCUT2D eigenvalue weighted by atomic mass is 10.3. The predicted molar refractivity (Wildman–Crippen MR) is 94.7 cm³/mol. The average Bonchev–Trinajstić information content (AvgIpc) is 3.35. The van der Waals surface area contributed by atoms with Crippen LogP contribution in [0.4, 0.5) is 0 Å². The molecule has 1 saturated heterocycles. The molecular weight excluding hydrogens is 374 g/mol. The zero-order valence-corrected chi connectivity index (χ0v) is 15.1. The highest BCUT2D eigenvalue weighted by Gasteiger charge is 2.31. The van der Waals surface area contributed by atoms with Crippen molar-refractivity contribution in [3.8, 4) is 0 Å². The van der Waals surface area contributed by atoms with Gasteiger partial charge in [-0.1, -0.05) is 0 Å². The second-order valence-electron chi connectivity index (χ2n) is 6.42. The predicted octanol–water partition coefficient (Wildman–Crippen LogP) is -0.138. The van der Waals surface area contributed by atoms with Crippen molar-refractivity contribution in [3.05, 3.63) is 47.0 Å². The number of carbonyl (C=O) groups is 1. The Morgan fingerprint density at radius 3 is 2.96 bits per heavy atom. The van der Waals surface area contributed by atoms with Gasteiger partial charge in [0.15, 0.2) is 15.5 Å². The number of furan rings is 1. The fraction of sp³-hybridized carbons (Fsp3) is 0.375. The first-order valence-electron chi connectivity index (χ1n) is 8.35. The van der Waals surface area contributed by atoms with Crippen molar-refractivity contribution in [3.63, 3.8) is 0 Å². The summed E-state index contributed by atoms with van der Waals surface area (Å²) in [6, 6.07) is 3.13. The van der Waals surface area contributed by atoms with Gasteiger partial charge in [0.1, 0.15) is 24.0 Å². The molecule has 142 valence electrons. The van der Waals surface area contributed by atoms with E-state index in [1.807, 2.05) is 0 Å². The number of hydrogen-bond donors (Lipinski definition) is 1. The maximum atomic E-state index is 12.6. The summed E-state index contributed by atoms with van der Waals surface area (Å²) in [5, 5.41) is 7.07. The molecule has 0 spiro atoms. The van der Waals surface area contributed by atoms with E-state index in [1.54, 1.807) is 12.1 Å². The zero-order valence-electron chi connectivity index (χ0n) is 14.2. The van der Waals surface area contributed by atoms with Crippen LogP contribution in [-0.2, 0) is 27.7 Å². The van der Waals surface area contributed by atoms with E-state index in [0.29, 0.717) is 17.8 Å². The van der Waals surface area contributed by atoms with Gasteiger partial charge in [-0.15, -0.1) is 0 Å². The van der Waals surface area contributed by atoms with E-state index in [1.165, 1.54) is 28.0 Å². The molecule has 0 bridgehead atoms. The van der Waals surface area contributed by atoms with Gasteiger partial charge in [0.2, 0.25) is 5.91 Å². The molecule has 1 unspecified atom stereocenters. The minimum Gasteiger partial charge on any atom is -0.467 e. The van der Waals surface area contributed by atoms with Gasteiger partial charge in [-0.2, -0.15) is 5.10 Å². The van der Waals surface area contributed by atoms with Gasteiger partial charge >= 0.3 is 0 Å². The van der Waals surface area contributed by atoms with Crippen molar-refractivity contribution >= 4 is 26.8 Å². The minimum atomic E-state index is -3.08. The van der Waals surface area contributed by atoms with Crippen molar-refractivity contribution in [2.75, 3.05) is 11.5 Å². The van der Waals surface area contributed by atoms with Crippen molar-refractivity contribution in [2.24, 2.45) is 0 Å². The van der Waals surface area contributed by atoms with Gasteiger partial charge in [-0.3, -0.25) is 14.2 Å². The van der Waals surface area contributed by atoms with Crippen LogP contribution >= 0.6 is 0 Å². The van der Waals surface area contributed by atoms with Crippen molar-refractivity contribution in [2.45, 2.75) is 25.6 Å². The van der Waals surface area contributed by atoms with Crippen molar-refractivity contribution in [1.29, 1.82) is 0 Å². The zero-order chi connectivity index (χ0) is 19.0. The molecule has 4 rings (SSSR count). The Kier molecular flexibility index (Phi) is 4.30. The van der Waals surface area contributed by atoms with Gasteiger partial charge in [-0.25, -0.2) is 18.1 Å². The molecule has 27 heavy (non-hydrogen) atoms. The summed E-state index contributed by atoms with van der Waals surface area (Å²) in [6.45, 7) is 0.0375. The molecule has 0 aromatic carbocycles. The topological polar surface area (TPSA) is 129 Å². The summed E-state index contributed by atoms with van der Waals surface area (Å²) >= 11 is 0. The molecule has 0 aliphatic carbocycles. The molecular formula is C16H17N5O5S. The normalized spacial score (nSPS) is 18.7. The molecule has 1 amide bonds. The van der Waals surface area contributed by atoms with Gasteiger partial charge in [0, 0.05) is 0 Å². The smallest absolute Gasteiger partial charge is 0.264 e. The van der Waals surface area contributed by atoms with Gasteiger partial charge in [-0.05, 0) is 18.6 Å². The van der Waals surface area contributed by atoms with Crippen LogP contribution < -0.4 is 10.9 Å². The first-order valence-corrected chi connectivity index (χ1v) is 10.2. The van der Waals surface area contributed by atoms with E-state index < -0.39 is 15.4 Å². The molecule has 4 heterocycles. The Hall–Kier alpha value is -2.95. The molecule has 1 fully saturated rings. The van der Waals surface area contributed by atoms with Crippen molar-refractivity contribution in [1.82, 2.24) is 24.6 Å². The van der Waals surface area contributed by atoms with E-state index in [-0.39, 0.29) is 41.9 Å². The van der Waals surface area contributed by atoms with Crippen LogP contribution in [0.5, 0.6) is 0 Å². The molecule has 1 aliphatic rings. The largest absolute Gasteiger partial charge is 0.467 e. The van der Waals surface area contributed by atoms with E-state index >= 15 is 0 Å². The number of rotatable bonds is 5. The Morgan fingerprint density at radius 1 is 1.41 bits per heavy atom. The van der Waals surface area contributed by atoms with Crippen LogP contribution in [0.15, 0.2) is 40.1 Å². The van der Waals surface area contributed by atoms with Gasteiger partial charge < -0.3 is 9.73 Å². The SMILES string of the molecule is O=C(Cn1cnc2c(cnn2C2CCS(=O)(=O)C2)c1=O)NCc1ccco1. The third-order valence-electron chi connectivity index (χ3n) is 4.49. The Bertz CT molecular complexity index is 1150. The number of fused-ring (bicyclic) bond motifs is 1. The molecule has 1 atom stereocenters. The number of carbonyl (C=O) groups excluding carboxylic acids is 1. The number of nitrogens with zero attached hydrogens (tertiary/aromatic N) is 4. The fourth-order valence-electron chi connectivity index (χ4n) is 3.12. The summed E-state index contributed by atoms with van der Waals surface area (Å²) in [4.78, 5) is 28.9. The van der Waals surface area contributed by atoms with Crippen LogP contribution in [-0.4, -0.2) is 45.2 Å². The summed E-state index contributed by atoms with van der Waals surface area (Å²) in [5.74, 6) is 0.344. The molecule has 1 N–H and O–H groups in total. The highest BCUT2D eigenvalue weighted by atomic mass is 32.2. The molecule has 0 saturated carbocycles. The number of amides is 1. The quantitative estimate of drug-likeness (QED) is 0.641. The Balaban J connectivity index is 1.53. The number of nitrogens with one attached hydrogen (secondary N) is 1. The lowest BCUT2D eigenvalue weighted by molar-refractivity contribution is -0.122. The van der Waals surface area contributed by atoms with E-state index in [4.69, 9.17) is 4.42 Å². The third-order valence-corrected chi connectivity index (χ3v) is 6.24. The van der Waals surface area contributed by atoms with Crippen LogP contribution in [0.1, 0.15) is 18.2 Å². The van der Waals surface area contributed by atoms with E-state index in [2.05, 4.69) is 15.4 Å². The second-order valence-corrected chi connectivity index (χ2v) is 8.65. The Labute approximate surface area is 153 Å². The van der Waals surface area contributed by atoms with Gasteiger partial charge in [0.05, 0.1) is 36.6 Å². The fourth-order valence-corrected chi connectivity index (χ4v) is 4.82. The number of sulfone groups is 1. The molecule has 3 aromatic heterocycles. The second kappa shape index (κ2) is 6.65. The molecule has 11 heteroatoms. The Morgan fingerprint density at radius 2 is 2.26 bits per heavy atom. The lowest BCUT2D eigenvalue weighted by Gasteiger charge is -2.10. The molecule has 10 nitrogen and oxygen atoms in total. The number of aromatic nitrogens is 4. The third kappa shape index (κ3) is 3.50. The summed E-state index contributed by atoms with van der Waals surface area (Å²) < 4.78 is 31.2. The molecule has 1 aliphatic heterocycles. The van der Waals surface area contributed by atoms with Crippen LogP contribution in [0, 0.1) is 0 Å². The minimum absolute atomic E-state index is 0.0102. The maximum absolute atomic E-state index is 12.6. The standard InChI is InChI=1S/C16H17N5O5S/c22-14(17-6-12-2-1-4-26-12)8-20-10-18-15-13(16(20)23)7-19-21(15)11-3-5-27(24,25)9-11/h1-2,4,7,10-11H,3,5-6,8-9H2,(H,17,22). The summed E-state index contributed by atoms with van der Waals surface area (Å²) in [7, 11) is -3.08. The van der Waals surface area contributed by atoms with E-state index in [9.17, 15) is 18.0 Å². The van der Waals surface area contributed by atoms with Crippen LogP contribution in [0.2, 0.25) is 0 Å². The highest BCUT2D eigenvalue weighted by Crippen LogP contribution is 2.25. The first-order chi connectivity index (χ1) is 12.9. The van der Waals surface area contributed by atoms with Crippen molar-refractivity contribution < 1.29 is 17.6 Å². The van der Waals surface area contributed by atoms with Gasteiger partial charge in [0.25, 0.3) is 5.56 Å². The van der Waals surface area contributed by atoms with E-state index in [0.717, 1.165) is 0 Å².